The van der Waals surface area contributed by atoms with E-state index in [9.17, 15) is 4.79 Å². The molecular weight excluding hydrogens is 138 g/mol. The summed E-state index contributed by atoms with van der Waals surface area (Å²) in [5.41, 5.74) is 2.12. The molecule has 2 heteroatoms. The second kappa shape index (κ2) is 4.72. The number of rotatable bonds is 3. The third-order valence-corrected chi connectivity index (χ3v) is 1.42. The summed E-state index contributed by atoms with van der Waals surface area (Å²) < 4.78 is 0. The first kappa shape index (κ1) is 9.95. The largest absolute Gasteiger partial charge is 0.326 e. The standard InChI is InChI=1S/C9H15NO/c1-5-8(7(3)4)10-9(11)6-2/h6H,2,5H2,1,3-4H3,(H,10,11). The van der Waals surface area contributed by atoms with Crippen molar-refractivity contribution in [1.82, 2.24) is 5.32 Å². The average molecular weight is 153 g/mol. The first-order chi connectivity index (χ1) is 5.11. The number of hydrogen-bond acceptors (Lipinski definition) is 1. The Morgan fingerprint density at radius 3 is 2.36 bits per heavy atom. The van der Waals surface area contributed by atoms with Crippen LogP contribution in [0.15, 0.2) is 23.9 Å². The van der Waals surface area contributed by atoms with Gasteiger partial charge in [0, 0.05) is 5.70 Å². The molecule has 1 amide bonds. The Morgan fingerprint density at radius 1 is 1.55 bits per heavy atom. The molecule has 0 aromatic heterocycles. The highest BCUT2D eigenvalue weighted by molar-refractivity contribution is 5.88. The Hall–Kier alpha value is -1.05. The Labute approximate surface area is 68.0 Å². The van der Waals surface area contributed by atoms with Crippen molar-refractivity contribution in [1.29, 1.82) is 0 Å². The van der Waals surface area contributed by atoms with Crippen LogP contribution in [0.3, 0.4) is 0 Å². The summed E-state index contributed by atoms with van der Waals surface area (Å²) >= 11 is 0. The molecular formula is C9H15NO. The second-order valence-electron chi connectivity index (χ2n) is 2.53. The van der Waals surface area contributed by atoms with E-state index in [1.54, 1.807) is 0 Å². The SMILES string of the molecule is C=CC(=O)NC(CC)=C(C)C. The fourth-order valence-corrected chi connectivity index (χ4v) is 0.767. The van der Waals surface area contributed by atoms with E-state index in [4.69, 9.17) is 0 Å². The van der Waals surface area contributed by atoms with E-state index in [1.807, 2.05) is 20.8 Å². The van der Waals surface area contributed by atoms with E-state index in [0.717, 1.165) is 17.7 Å². The fraction of sp³-hybridized carbons (Fsp3) is 0.444. The molecule has 0 saturated heterocycles. The molecule has 0 heterocycles. The van der Waals surface area contributed by atoms with Gasteiger partial charge in [-0.2, -0.15) is 0 Å². The molecule has 0 radical (unpaired) electrons. The Bertz CT molecular complexity index is 188. The van der Waals surface area contributed by atoms with E-state index in [2.05, 4.69) is 11.9 Å². The van der Waals surface area contributed by atoms with E-state index >= 15 is 0 Å². The van der Waals surface area contributed by atoms with Gasteiger partial charge in [-0.1, -0.05) is 19.1 Å². The normalized spacial score (nSPS) is 8.64. The smallest absolute Gasteiger partial charge is 0.247 e. The highest BCUT2D eigenvalue weighted by Crippen LogP contribution is 2.02. The third kappa shape index (κ3) is 3.61. The van der Waals surface area contributed by atoms with Gasteiger partial charge in [0.2, 0.25) is 5.91 Å². The lowest BCUT2D eigenvalue weighted by Gasteiger charge is -2.06. The number of nitrogens with one attached hydrogen (secondary N) is 1. The molecule has 2 nitrogen and oxygen atoms in total. The van der Waals surface area contributed by atoms with Crippen LogP contribution in [-0.4, -0.2) is 5.91 Å². The molecule has 0 aliphatic carbocycles. The van der Waals surface area contributed by atoms with Crippen molar-refractivity contribution in [2.24, 2.45) is 0 Å². The molecule has 0 rings (SSSR count). The van der Waals surface area contributed by atoms with Gasteiger partial charge < -0.3 is 5.32 Å². The van der Waals surface area contributed by atoms with Gasteiger partial charge in [0.15, 0.2) is 0 Å². The molecule has 0 spiro atoms. The van der Waals surface area contributed by atoms with Gasteiger partial charge in [0.25, 0.3) is 0 Å². The van der Waals surface area contributed by atoms with E-state index in [-0.39, 0.29) is 5.91 Å². The van der Waals surface area contributed by atoms with E-state index < -0.39 is 0 Å². The zero-order valence-corrected chi connectivity index (χ0v) is 7.40. The highest BCUT2D eigenvalue weighted by atomic mass is 16.1. The van der Waals surface area contributed by atoms with Gasteiger partial charge in [-0.05, 0) is 26.3 Å². The van der Waals surface area contributed by atoms with Crippen molar-refractivity contribution >= 4 is 5.91 Å². The molecule has 0 saturated carbocycles. The van der Waals surface area contributed by atoms with Crippen LogP contribution in [0.2, 0.25) is 0 Å². The van der Waals surface area contributed by atoms with Crippen LogP contribution in [-0.2, 0) is 4.79 Å². The van der Waals surface area contributed by atoms with Crippen molar-refractivity contribution < 1.29 is 4.79 Å². The summed E-state index contributed by atoms with van der Waals surface area (Å²) in [6, 6.07) is 0. The van der Waals surface area contributed by atoms with E-state index in [0.29, 0.717) is 0 Å². The van der Waals surface area contributed by atoms with Crippen LogP contribution < -0.4 is 5.32 Å². The lowest BCUT2D eigenvalue weighted by Crippen LogP contribution is -2.20. The van der Waals surface area contributed by atoms with Crippen LogP contribution in [0.4, 0.5) is 0 Å². The zero-order valence-electron chi connectivity index (χ0n) is 7.40. The van der Waals surface area contributed by atoms with Crippen molar-refractivity contribution in [3.63, 3.8) is 0 Å². The maximum absolute atomic E-state index is 10.8. The number of amides is 1. The van der Waals surface area contributed by atoms with Crippen molar-refractivity contribution in [3.05, 3.63) is 23.9 Å². The van der Waals surface area contributed by atoms with Crippen molar-refractivity contribution in [2.75, 3.05) is 0 Å². The van der Waals surface area contributed by atoms with Crippen LogP contribution >= 0.6 is 0 Å². The van der Waals surface area contributed by atoms with Crippen molar-refractivity contribution in [2.45, 2.75) is 27.2 Å². The molecule has 11 heavy (non-hydrogen) atoms. The summed E-state index contributed by atoms with van der Waals surface area (Å²) in [4.78, 5) is 10.8. The maximum atomic E-state index is 10.8. The van der Waals surface area contributed by atoms with Gasteiger partial charge in [0.05, 0.1) is 0 Å². The van der Waals surface area contributed by atoms with Crippen molar-refractivity contribution in [3.8, 4) is 0 Å². The van der Waals surface area contributed by atoms with Crippen LogP contribution in [0.1, 0.15) is 27.2 Å². The quantitative estimate of drug-likeness (QED) is 0.617. The molecule has 0 unspecified atom stereocenters. The number of allylic oxidation sites excluding steroid dienone is 2. The maximum Gasteiger partial charge on any atom is 0.247 e. The summed E-state index contributed by atoms with van der Waals surface area (Å²) in [6.45, 7) is 9.33. The summed E-state index contributed by atoms with van der Waals surface area (Å²) in [5, 5.41) is 2.74. The van der Waals surface area contributed by atoms with Crippen LogP contribution in [0.25, 0.3) is 0 Å². The highest BCUT2D eigenvalue weighted by Gasteiger charge is 1.98. The van der Waals surface area contributed by atoms with Gasteiger partial charge in [0.1, 0.15) is 0 Å². The second-order valence-corrected chi connectivity index (χ2v) is 2.53. The molecule has 0 aromatic rings. The Kier molecular flexibility index (Phi) is 4.27. The zero-order chi connectivity index (χ0) is 8.85. The minimum Gasteiger partial charge on any atom is -0.326 e. The lowest BCUT2D eigenvalue weighted by atomic mass is 10.2. The fourth-order valence-electron chi connectivity index (χ4n) is 0.767. The predicted octanol–water partition coefficient (Wildman–Crippen LogP) is 1.99. The van der Waals surface area contributed by atoms with Gasteiger partial charge in [-0.15, -0.1) is 0 Å². The van der Waals surface area contributed by atoms with Gasteiger partial charge >= 0.3 is 0 Å². The molecule has 0 bridgehead atoms. The minimum atomic E-state index is -0.136. The number of carbonyl (C=O) groups excluding carboxylic acids is 1. The van der Waals surface area contributed by atoms with Crippen LogP contribution in [0, 0.1) is 0 Å². The molecule has 0 atom stereocenters. The molecule has 0 aromatic carbocycles. The average Bonchev–Trinajstić information content (AvgIpc) is 1.99. The Morgan fingerprint density at radius 2 is 2.09 bits per heavy atom. The number of hydrogen-bond donors (Lipinski definition) is 1. The Balaban J connectivity index is 4.22. The van der Waals surface area contributed by atoms with Gasteiger partial charge in [-0.3, -0.25) is 4.79 Å². The monoisotopic (exact) mass is 153 g/mol. The summed E-state index contributed by atoms with van der Waals surface area (Å²) in [5.74, 6) is -0.136. The minimum absolute atomic E-state index is 0.136. The third-order valence-electron chi connectivity index (χ3n) is 1.42. The summed E-state index contributed by atoms with van der Waals surface area (Å²) in [6.07, 6.45) is 2.13. The molecule has 1 N–H and O–H groups in total. The lowest BCUT2D eigenvalue weighted by molar-refractivity contribution is -0.115. The molecule has 0 aliphatic rings. The summed E-state index contributed by atoms with van der Waals surface area (Å²) in [7, 11) is 0. The molecule has 0 fully saturated rings. The van der Waals surface area contributed by atoms with Gasteiger partial charge in [-0.25, -0.2) is 0 Å². The molecule has 62 valence electrons. The predicted molar refractivity (Wildman–Crippen MR) is 47.0 cm³/mol. The number of carbonyl (C=O) groups is 1. The topological polar surface area (TPSA) is 29.1 Å². The van der Waals surface area contributed by atoms with E-state index in [1.165, 1.54) is 6.08 Å². The van der Waals surface area contributed by atoms with Crippen LogP contribution in [0.5, 0.6) is 0 Å². The molecule has 0 aliphatic heterocycles. The first-order valence-corrected chi connectivity index (χ1v) is 3.71. The first-order valence-electron chi connectivity index (χ1n) is 3.71.